The highest BCUT2D eigenvalue weighted by Crippen LogP contribution is 2.30. The fourth-order valence-corrected chi connectivity index (χ4v) is 6.97. The SMILES string of the molecule is C1CCC(CCC2CN(CCC3CCCCC3)CN(CCC3CCCCC3)N2)CC1. The van der Waals surface area contributed by atoms with Gasteiger partial charge in [-0.25, -0.2) is 10.4 Å². The van der Waals surface area contributed by atoms with E-state index in [1.165, 1.54) is 148 Å². The van der Waals surface area contributed by atoms with E-state index >= 15 is 0 Å². The van der Waals surface area contributed by atoms with Crippen LogP contribution in [0.4, 0.5) is 0 Å². The molecular formula is C27H51N3. The summed E-state index contributed by atoms with van der Waals surface area (Å²) in [6.07, 6.45) is 28.1. The van der Waals surface area contributed by atoms with Crippen LogP contribution in [-0.4, -0.2) is 42.3 Å². The molecule has 1 aliphatic heterocycles. The highest BCUT2D eigenvalue weighted by atomic mass is 15.6. The van der Waals surface area contributed by atoms with Crippen molar-refractivity contribution in [2.24, 2.45) is 17.8 Å². The van der Waals surface area contributed by atoms with E-state index in [2.05, 4.69) is 15.3 Å². The lowest BCUT2D eigenvalue weighted by Gasteiger charge is -2.42. The van der Waals surface area contributed by atoms with Crippen molar-refractivity contribution in [1.29, 1.82) is 0 Å². The topological polar surface area (TPSA) is 18.5 Å². The Labute approximate surface area is 187 Å². The van der Waals surface area contributed by atoms with Crippen molar-refractivity contribution >= 4 is 0 Å². The summed E-state index contributed by atoms with van der Waals surface area (Å²) in [5, 5.41) is 2.63. The minimum atomic E-state index is 0.693. The van der Waals surface area contributed by atoms with Crippen LogP contribution < -0.4 is 5.43 Å². The molecule has 1 heterocycles. The zero-order chi connectivity index (χ0) is 20.4. The fraction of sp³-hybridized carbons (Fsp3) is 1.00. The molecule has 4 fully saturated rings. The van der Waals surface area contributed by atoms with Gasteiger partial charge in [0, 0.05) is 19.1 Å². The number of hydrazine groups is 1. The molecule has 1 saturated heterocycles. The maximum absolute atomic E-state index is 3.99. The van der Waals surface area contributed by atoms with E-state index in [0.717, 1.165) is 17.8 Å². The molecule has 4 rings (SSSR count). The van der Waals surface area contributed by atoms with Gasteiger partial charge in [-0.15, -0.1) is 0 Å². The van der Waals surface area contributed by atoms with Crippen molar-refractivity contribution < 1.29 is 0 Å². The van der Waals surface area contributed by atoms with Gasteiger partial charge in [0.25, 0.3) is 0 Å². The molecule has 1 unspecified atom stereocenters. The Morgan fingerprint density at radius 3 is 1.60 bits per heavy atom. The van der Waals surface area contributed by atoms with Crippen LogP contribution in [0.25, 0.3) is 0 Å². The fourth-order valence-electron chi connectivity index (χ4n) is 6.97. The second-order valence-electron chi connectivity index (χ2n) is 11.5. The summed E-state index contributed by atoms with van der Waals surface area (Å²) >= 11 is 0. The van der Waals surface area contributed by atoms with Gasteiger partial charge in [-0.2, -0.15) is 0 Å². The van der Waals surface area contributed by atoms with Crippen LogP contribution in [0.2, 0.25) is 0 Å². The molecule has 0 spiro atoms. The van der Waals surface area contributed by atoms with Crippen LogP contribution in [0.3, 0.4) is 0 Å². The number of nitrogens with one attached hydrogen (secondary N) is 1. The van der Waals surface area contributed by atoms with Crippen LogP contribution in [0.1, 0.15) is 122 Å². The number of hydrogen-bond acceptors (Lipinski definition) is 3. The minimum absolute atomic E-state index is 0.693. The van der Waals surface area contributed by atoms with Crippen molar-refractivity contribution in [1.82, 2.24) is 15.3 Å². The third kappa shape index (κ3) is 7.78. The van der Waals surface area contributed by atoms with Crippen LogP contribution in [0.5, 0.6) is 0 Å². The Morgan fingerprint density at radius 1 is 0.533 bits per heavy atom. The first-order valence-corrected chi connectivity index (χ1v) is 14.1. The van der Waals surface area contributed by atoms with E-state index in [9.17, 15) is 0 Å². The normalized spacial score (nSPS) is 29.4. The van der Waals surface area contributed by atoms with E-state index in [-0.39, 0.29) is 0 Å². The van der Waals surface area contributed by atoms with Gasteiger partial charge in [0.05, 0.1) is 6.67 Å². The molecule has 3 aliphatic carbocycles. The largest absolute Gasteiger partial charge is 0.288 e. The highest BCUT2D eigenvalue weighted by molar-refractivity contribution is 4.80. The maximum atomic E-state index is 3.99. The summed E-state index contributed by atoms with van der Waals surface area (Å²) in [6.45, 7) is 5.06. The predicted octanol–water partition coefficient (Wildman–Crippen LogP) is 6.74. The summed E-state index contributed by atoms with van der Waals surface area (Å²) < 4.78 is 0. The van der Waals surface area contributed by atoms with Crippen molar-refractivity contribution in [3.63, 3.8) is 0 Å². The third-order valence-electron chi connectivity index (χ3n) is 8.97. The number of rotatable bonds is 9. The van der Waals surface area contributed by atoms with Gasteiger partial charge in [-0.3, -0.25) is 4.90 Å². The summed E-state index contributed by atoms with van der Waals surface area (Å²) in [5.41, 5.74) is 3.99. The lowest BCUT2D eigenvalue weighted by Crippen LogP contribution is -2.60. The summed E-state index contributed by atoms with van der Waals surface area (Å²) in [5.74, 6) is 3.04. The lowest BCUT2D eigenvalue weighted by molar-refractivity contribution is -0.000880. The van der Waals surface area contributed by atoms with Crippen molar-refractivity contribution in [3.8, 4) is 0 Å². The third-order valence-corrected chi connectivity index (χ3v) is 8.97. The Morgan fingerprint density at radius 2 is 1.03 bits per heavy atom. The molecular weight excluding hydrogens is 366 g/mol. The monoisotopic (exact) mass is 417 g/mol. The van der Waals surface area contributed by atoms with E-state index < -0.39 is 0 Å². The molecule has 1 N–H and O–H groups in total. The molecule has 0 amide bonds. The Bertz CT molecular complexity index is 376. The molecule has 0 radical (unpaired) electrons. The highest BCUT2D eigenvalue weighted by Gasteiger charge is 2.27. The second-order valence-corrected chi connectivity index (χ2v) is 11.5. The molecule has 3 nitrogen and oxygen atoms in total. The van der Waals surface area contributed by atoms with Gasteiger partial charge in [-0.05, 0) is 50.0 Å². The standard InChI is InChI=1S/C27H51N3/c1-4-10-24(11-5-1)16-17-27-22-29(20-18-25-12-6-2-7-13-25)23-30(28-27)21-19-26-14-8-3-9-15-26/h24-28H,1-23H2. The molecule has 0 bridgehead atoms. The lowest BCUT2D eigenvalue weighted by atomic mass is 9.85. The summed E-state index contributed by atoms with van der Waals surface area (Å²) in [7, 11) is 0. The van der Waals surface area contributed by atoms with Gasteiger partial charge >= 0.3 is 0 Å². The molecule has 0 aromatic rings. The molecule has 3 saturated carbocycles. The van der Waals surface area contributed by atoms with Gasteiger partial charge in [0.2, 0.25) is 0 Å². The van der Waals surface area contributed by atoms with E-state index in [1.54, 1.807) is 0 Å². The first kappa shape index (κ1) is 23.1. The summed E-state index contributed by atoms with van der Waals surface area (Å²) in [4.78, 5) is 2.82. The average molecular weight is 418 g/mol. The molecule has 1 atom stereocenters. The molecule has 4 aliphatic rings. The van der Waals surface area contributed by atoms with Crippen LogP contribution in [-0.2, 0) is 0 Å². The molecule has 0 aromatic heterocycles. The Kier molecular flexibility index (Phi) is 9.83. The Hall–Kier alpha value is -0.120. The molecule has 174 valence electrons. The number of nitrogens with zero attached hydrogens (tertiary/aromatic N) is 2. The second kappa shape index (κ2) is 12.8. The summed E-state index contributed by atoms with van der Waals surface area (Å²) in [6, 6.07) is 0.693. The van der Waals surface area contributed by atoms with E-state index in [1.807, 2.05) is 0 Å². The number of hydrogen-bond donors (Lipinski definition) is 1. The molecule has 3 heteroatoms. The van der Waals surface area contributed by atoms with Gasteiger partial charge < -0.3 is 0 Å². The van der Waals surface area contributed by atoms with Gasteiger partial charge in [0.15, 0.2) is 0 Å². The van der Waals surface area contributed by atoms with Crippen molar-refractivity contribution in [2.75, 3.05) is 26.3 Å². The smallest absolute Gasteiger partial charge is 0.0646 e. The first-order chi connectivity index (χ1) is 14.8. The van der Waals surface area contributed by atoms with Crippen LogP contribution in [0.15, 0.2) is 0 Å². The zero-order valence-electron chi connectivity index (χ0n) is 20.0. The van der Waals surface area contributed by atoms with Gasteiger partial charge in [0.1, 0.15) is 0 Å². The van der Waals surface area contributed by atoms with E-state index in [4.69, 9.17) is 0 Å². The predicted molar refractivity (Wildman–Crippen MR) is 128 cm³/mol. The molecule has 30 heavy (non-hydrogen) atoms. The first-order valence-electron chi connectivity index (χ1n) is 14.1. The van der Waals surface area contributed by atoms with Crippen molar-refractivity contribution in [2.45, 2.75) is 128 Å². The zero-order valence-corrected chi connectivity index (χ0v) is 20.0. The Balaban J connectivity index is 1.24. The molecule has 0 aromatic carbocycles. The van der Waals surface area contributed by atoms with Crippen LogP contribution >= 0.6 is 0 Å². The average Bonchev–Trinajstić information content (AvgIpc) is 2.82. The maximum Gasteiger partial charge on any atom is 0.0646 e. The van der Waals surface area contributed by atoms with E-state index in [0.29, 0.717) is 6.04 Å². The minimum Gasteiger partial charge on any atom is -0.288 e. The quantitative estimate of drug-likeness (QED) is 0.448. The van der Waals surface area contributed by atoms with Crippen LogP contribution in [0, 0.1) is 17.8 Å². The van der Waals surface area contributed by atoms with Crippen molar-refractivity contribution in [3.05, 3.63) is 0 Å². The van der Waals surface area contributed by atoms with Gasteiger partial charge in [-0.1, -0.05) is 96.3 Å².